The largest absolute Gasteiger partial charge is 0.481 e. The normalized spacial score (nSPS) is 20.7. The molecule has 0 heterocycles. The molecular formula is C37H68O3. The molecule has 0 spiro atoms. The third-order valence-corrected chi connectivity index (χ3v) is 9.53. The molecule has 1 rings (SSSR count). The predicted molar refractivity (Wildman–Crippen MR) is 173 cm³/mol. The minimum Gasteiger partial charge on any atom is -0.481 e. The number of carbonyl (C=O) groups is 2. The first-order valence-corrected chi connectivity index (χ1v) is 17.9. The van der Waals surface area contributed by atoms with Gasteiger partial charge in [0.05, 0.1) is 0 Å². The molecule has 1 aliphatic carbocycles. The second-order valence-corrected chi connectivity index (χ2v) is 13.2. The van der Waals surface area contributed by atoms with Gasteiger partial charge in [-0.3, -0.25) is 4.79 Å². The minimum absolute atomic E-state index is 0.323. The van der Waals surface area contributed by atoms with E-state index in [0.29, 0.717) is 12.2 Å². The standard InChI is InChI=1S/C37H68O3/c1-4-6-8-10-15-21-27-36-34(26-20-14-12-17-23-29-37(39)40)31-30-33(25-19-9-7-5-2)35(36)28-22-16-11-13-18-24-32(3)38/h30-31,33-36H,4-29H2,1-3H3,(H,39,40). The highest BCUT2D eigenvalue weighted by atomic mass is 16.4. The number of hydrogen-bond acceptors (Lipinski definition) is 2. The van der Waals surface area contributed by atoms with Gasteiger partial charge >= 0.3 is 5.97 Å². The zero-order valence-corrected chi connectivity index (χ0v) is 27.1. The molecule has 0 amide bonds. The summed E-state index contributed by atoms with van der Waals surface area (Å²) in [6.07, 6.45) is 37.5. The molecule has 0 aromatic carbocycles. The molecular weight excluding hydrogens is 492 g/mol. The van der Waals surface area contributed by atoms with Crippen LogP contribution in [0.3, 0.4) is 0 Å². The van der Waals surface area contributed by atoms with Crippen molar-refractivity contribution in [3.05, 3.63) is 12.2 Å². The zero-order valence-electron chi connectivity index (χ0n) is 27.1. The maximum absolute atomic E-state index is 11.3. The van der Waals surface area contributed by atoms with Crippen LogP contribution in [0.5, 0.6) is 0 Å². The van der Waals surface area contributed by atoms with Gasteiger partial charge in [0.25, 0.3) is 0 Å². The average molecular weight is 561 g/mol. The van der Waals surface area contributed by atoms with Gasteiger partial charge < -0.3 is 9.90 Å². The number of carboxylic acids is 1. The van der Waals surface area contributed by atoms with Crippen LogP contribution in [-0.4, -0.2) is 16.9 Å². The van der Waals surface area contributed by atoms with Crippen LogP contribution in [0.4, 0.5) is 0 Å². The van der Waals surface area contributed by atoms with E-state index in [4.69, 9.17) is 5.11 Å². The molecule has 1 N–H and O–H groups in total. The van der Waals surface area contributed by atoms with E-state index >= 15 is 0 Å². The van der Waals surface area contributed by atoms with Gasteiger partial charge in [-0.15, -0.1) is 0 Å². The number of rotatable bonds is 28. The van der Waals surface area contributed by atoms with E-state index in [-0.39, 0.29) is 0 Å². The molecule has 4 unspecified atom stereocenters. The highest BCUT2D eigenvalue weighted by Crippen LogP contribution is 2.44. The fourth-order valence-electron chi connectivity index (χ4n) is 7.12. The number of Topliss-reactive ketones (excluding diaryl/α,β-unsaturated/α-hetero) is 1. The Morgan fingerprint density at radius 1 is 0.500 bits per heavy atom. The van der Waals surface area contributed by atoms with Crippen LogP contribution in [0.1, 0.15) is 188 Å². The van der Waals surface area contributed by atoms with Crippen molar-refractivity contribution in [2.75, 3.05) is 0 Å². The van der Waals surface area contributed by atoms with E-state index in [1.54, 1.807) is 6.92 Å². The van der Waals surface area contributed by atoms with Crippen molar-refractivity contribution in [3.8, 4) is 0 Å². The summed E-state index contributed by atoms with van der Waals surface area (Å²) >= 11 is 0. The molecule has 0 aliphatic heterocycles. The van der Waals surface area contributed by atoms with E-state index < -0.39 is 5.97 Å². The van der Waals surface area contributed by atoms with Crippen LogP contribution in [-0.2, 0) is 9.59 Å². The number of ketones is 1. The SMILES string of the molecule is CCCCCCCCC1C(CCCCCCCC(=O)O)C=CC(CCCCCC)C1CCCCCCCC(C)=O. The first kappa shape index (κ1) is 36.9. The fraction of sp³-hybridized carbons (Fsp3) is 0.892. The monoisotopic (exact) mass is 561 g/mol. The molecule has 3 nitrogen and oxygen atoms in total. The molecule has 0 aromatic heterocycles. The Morgan fingerprint density at radius 2 is 0.850 bits per heavy atom. The Labute approximate surface area is 249 Å². The summed E-state index contributed by atoms with van der Waals surface area (Å²) in [6, 6.07) is 0. The Bertz CT molecular complexity index is 639. The number of carboxylic acid groups (broad SMARTS) is 1. The van der Waals surface area contributed by atoms with Gasteiger partial charge in [-0.1, -0.05) is 142 Å². The first-order valence-electron chi connectivity index (χ1n) is 17.9. The van der Waals surface area contributed by atoms with Crippen molar-refractivity contribution >= 4 is 11.8 Å². The van der Waals surface area contributed by atoms with Gasteiger partial charge in [-0.05, 0) is 69.1 Å². The fourth-order valence-corrected chi connectivity index (χ4v) is 7.12. The number of aliphatic carboxylic acids is 1. The summed E-state index contributed by atoms with van der Waals surface area (Å²) in [4.78, 5) is 22.1. The van der Waals surface area contributed by atoms with Crippen molar-refractivity contribution in [2.45, 2.75) is 188 Å². The van der Waals surface area contributed by atoms with Gasteiger partial charge in [0.1, 0.15) is 5.78 Å². The smallest absolute Gasteiger partial charge is 0.303 e. The molecule has 3 heteroatoms. The van der Waals surface area contributed by atoms with Gasteiger partial charge in [0, 0.05) is 12.8 Å². The van der Waals surface area contributed by atoms with E-state index in [9.17, 15) is 9.59 Å². The van der Waals surface area contributed by atoms with E-state index in [1.807, 2.05) is 0 Å². The number of unbranched alkanes of at least 4 members (excludes halogenated alkanes) is 16. The molecule has 234 valence electrons. The lowest BCUT2D eigenvalue weighted by molar-refractivity contribution is -0.137. The Balaban J connectivity index is 2.74. The average Bonchev–Trinajstić information content (AvgIpc) is 2.92. The van der Waals surface area contributed by atoms with Gasteiger partial charge in [0.2, 0.25) is 0 Å². The highest BCUT2D eigenvalue weighted by Gasteiger charge is 2.34. The number of allylic oxidation sites excluding steroid dienone is 2. The lowest BCUT2D eigenvalue weighted by Gasteiger charge is -2.41. The zero-order chi connectivity index (χ0) is 29.3. The first-order chi connectivity index (χ1) is 19.5. The van der Waals surface area contributed by atoms with Crippen molar-refractivity contribution in [1.29, 1.82) is 0 Å². The Hall–Kier alpha value is -1.12. The topological polar surface area (TPSA) is 54.4 Å². The maximum atomic E-state index is 11.3. The summed E-state index contributed by atoms with van der Waals surface area (Å²) in [5.41, 5.74) is 0. The summed E-state index contributed by atoms with van der Waals surface area (Å²) in [5.74, 6) is 2.88. The molecule has 40 heavy (non-hydrogen) atoms. The van der Waals surface area contributed by atoms with Crippen LogP contribution in [0.15, 0.2) is 12.2 Å². The summed E-state index contributed by atoms with van der Waals surface area (Å²) < 4.78 is 0. The van der Waals surface area contributed by atoms with Gasteiger partial charge in [0.15, 0.2) is 0 Å². The third kappa shape index (κ3) is 19.1. The number of carbonyl (C=O) groups excluding carboxylic acids is 1. The van der Waals surface area contributed by atoms with Crippen molar-refractivity contribution in [1.82, 2.24) is 0 Å². The summed E-state index contributed by atoms with van der Waals surface area (Å²) in [6.45, 7) is 6.34. The molecule has 0 saturated heterocycles. The maximum Gasteiger partial charge on any atom is 0.303 e. The lowest BCUT2D eigenvalue weighted by atomic mass is 9.64. The molecule has 0 fully saturated rings. The van der Waals surface area contributed by atoms with Crippen LogP contribution in [0.25, 0.3) is 0 Å². The molecule has 0 saturated carbocycles. The van der Waals surface area contributed by atoms with Crippen LogP contribution < -0.4 is 0 Å². The predicted octanol–water partition coefficient (Wildman–Crippen LogP) is 11.9. The second kappa shape index (κ2) is 25.6. The van der Waals surface area contributed by atoms with E-state index in [2.05, 4.69) is 26.0 Å². The van der Waals surface area contributed by atoms with Crippen molar-refractivity contribution < 1.29 is 14.7 Å². The van der Waals surface area contributed by atoms with Crippen molar-refractivity contribution in [3.63, 3.8) is 0 Å². The summed E-state index contributed by atoms with van der Waals surface area (Å²) in [5, 5.41) is 8.89. The second-order valence-electron chi connectivity index (χ2n) is 13.2. The van der Waals surface area contributed by atoms with Gasteiger partial charge in [-0.2, -0.15) is 0 Å². The van der Waals surface area contributed by atoms with Crippen LogP contribution >= 0.6 is 0 Å². The Morgan fingerprint density at radius 3 is 1.27 bits per heavy atom. The molecule has 0 radical (unpaired) electrons. The van der Waals surface area contributed by atoms with E-state index in [0.717, 1.165) is 49.4 Å². The van der Waals surface area contributed by atoms with Gasteiger partial charge in [-0.25, -0.2) is 0 Å². The highest BCUT2D eigenvalue weighted by molar-refractivity contribution is 5.75. The Kier molecular flexibility index (Phi) is 23.6. The van der Waals surface area contributed by atoms with E-state index in [1.165, 1.54) is 135 Å². The van der Waals surface area contributed by atoms with Crippen LogP contribution in [0, 0.1) is 23.7 Å². The molecule has 0 aromatic rings. The number of hydrogen-bond donors (Lipinski definition) is 1. The minimum atomic E-state index is -0.656. The molecule has 1 aliphatic rings. The molecule has 4 atom stereocenters. The molecule has 0 bridgehead atoms. The summed E-state index contributed by atoms with van der Waals surface area (Å²) in [7, 11) is 0. The van der Waals surface area contributed by atoms with Crippen molar-refractivity contribution in [2.24, 2.45) is 23.7 Å². The quantitative estimate of drug-likeness (QED) is 0.0764. The third-order valence-electron chi connectivity index (χ3n) is 9.53. The lowest BCUT2D eigenvalue weighted by Crippen LogP contribution is -2.32. The van der Waals surface area contributed by atoms with Crippen LogP contribution in [0.2, 0.25) is 0 Å².